The minimum atomic E-state index is -1.03. The van der Waals surface area contributed by atoms with Gasteiger partial charge >= 0.3 is 0 Å². The van der Waals surface area contributed by atoms with Crippen LogP contribution in [0.5, 0.6) is 0 Å². The van der Waals surface area contributed by atoms with Crippen LogP contribution in [0, 0.1) is 0 Å². The summed E-state index contributed by atoms with van der Waals surface area (Å²) in [7, 11) is 0. The molecule has 9 heteroatoms. The first-order valence-electron chi connectivity index (χ1n) is 5.41. The van der Waals surface area contributed by atoms with Gasteiger partial charge in [0.25, 0.3) is 0 Å². The third kappa shape index (κ3) is 1.89. The number of anilines is 1. The van der Waals surface area contributed by atoms with Crippen LogP contribution in [-0.4, -0.2) is 56.3 Å². The zero-order valence-corrected chi connectivity index (χ0v) is 11.0. The minimum Gasteiger partial charge on any atom is -0.388 e. The fourth-order valence-corrected chi connectivity index (χ4v) is 2.95. The lowest BCUT2D eigenvalue weighted by Gasteiger charge is -2.40. The van der Waals surface area contributed by atoms with Gasteiger partial charge in [-0.15, -0.1) is 0 Å². The van der Waals surface area contributed by atoms with E-state index in [1.807, 2.05) is 0 Å². The summed E-state index contributed by atoms with van der Waals surface area (Å²) in [6.45, 7) is 1.95. The van der Waals surface area contributed by atoms with Gasteiger partial charge in [-0.25, -0.2) is 0 Å². The number of hydrogen-bond donors (Lipinski definition) is 3. The fourth-order valence-electron chi connectivity index (χ4n) is 2.19. The Kier molecular flexibility index (Phi) is 2.96. The maximum absolute atomic E-state index is 10.1. The van der Waals surface area contributed by atoms with Crippen molar-refractivity contribution in [2.24, 2.45) is 0 Å². The number of fused-ring (bicyclic) bond motifs is 2. The molecule has 0 radical (unpaired) electrons. The Hall–Kier alpha value is -0.510. The van der Waals surface area contributed by atoms with Gasteiger partial charge in [-0.3, -0.25) is 0 Å². The number of ether oxygens (including phenoxy) is 2. The van der Waals surface area contributed by atoms with Gasteiger partial charge in [-0.2, -0.15) is 9.36 Å². The van der Waals surface area contributed by atoms with E-state index in [4.69, 9.17) is 21.1 Å². The summed E-state index contributed by atoms with van der Waals surface area (Å²) < 4.78 is 14.8. The summed E-state index contributed by atoms with van der Waals surface area (Å²) in [5, 5.41) is 23.6. The van der Waals surface area contributed by atoms with Crippen LogP contribution in [0.15, 0.2) is 0 Å². The summed E-state index contributed by atoms with van der Waals surface area (Å²) >= 11 is 6.68. The first kappa shape index (κ1) is 12.5. The second-order valence-electron chi connectivity index (χ2n) is 4.58. The molecule has 5 atom stereocenters. The Balaban J connectivity index is 1.80. The van der Waals surface area contributed by atoms with Crippen molar-refractivity contribution in [2.45, 2.75) is 37.1 Å². The fraction of sp³-hybridized carbons (Fsp3) is 0.778. The van der Waals surface area contributed by atoms with E-state index in [1.165, 1.54) is 0 Å². The van der Waals surface area contributed by atoms with Gasteiger partial charge in [0.05, 0.1) is 6.61 Å². The molecule has 7 nitrogen and oxygen atoms in total. The lowest BCUT2D eigenvalue weighted by Crippen LogP contribution is -2.61. The molecule has 2 fully saturated rings. The van der Waals surface area contributed by atoms with Crippen molar-refractivity contribution in [1.82, 2.24) is 9.36 Å². The lowest BCUT2D eigenvalue weighted by atomic mass is 9.89. The predicted molar refractivity (Wildman–Crippen MR) is 63.6 cm³/mol. The lowest BCUT2D eigenvalue weighted by molar-refractivity contribution is -0.208. The highest BCUT2D eigenvalue weighted by Crippen LogP contribution is 2.37. The zero-order chi connectivity index (χ0) is 12.9. The molecule has 2 aliphatic rings. The second kappa shape index (κ2) is 4.26. The molecule has 1 aromatic heterocycles. The molecular formula is C9H12ClN3O4S. The summed E-state index contributed by atoms with van der Waals surface area (Å²) in [5.74, 6) is 0. The van der Waals surface area contributed by atoms with Crippen molar-refractivity contribution in [3.8, 4) is 0 Å². The molecule has 0 saturated carbocycles. The van der Waals surface area contributed by atoms with E-state index in [1.54, 1.807) is 6.92 Å². The van der Waals surface area contributed by atoms with Crippen molar-refractivity contribution in [3.05, 3.63) is 5.28 Å². The third-order valence-corrected chi connectivity index (χ3v) is 4.14. The van der Waals surface area contributed by atoms with E-state index < -0.39 is 30.1 Å². The van der Waals surface area contributed by atoms with E-state index in [2.05, 4.69) is 14.7 Å². The number of hydrogen-bond acceptors (Lipinski definition) is 8. The van der Waals surface area contributed by atoms with Crippen LogP contribution < -0.4 is 5.32 Å². The van der Waals surface area contributed by atoms with Crippen LogP contribution in [-0.2, 0) is 9.47 Å². The Labute approximate surface area is 112 Å². The SMILES string of the molecule is C[C@@]12CO[C@@H](O1)[C@H](Nc1nc(Cl)ns1)[C@@H](O)[C@H]2O. The molecule has 0 spiro atoms. The van der Waals surface area contributed by atoms with Crippen molar-refractivity contribution in [3.63, 3.8) is 0 Å². The van der Waals surface area contributed by atoms with E-state index in [0.29, 0.717) is 5.13 Å². The van der Waals surface area contributed by atoms with Gasteiger partial charge in [0.2, 0.25) is 10.4 Å². The van der Waals surface area contributed by atoms with Gasteiger partial charge < -0.3 is 25.0 Å². The van der Waals surface area contributed by atoms with Crippen molar-refractivity contribution in [1.29, 1.82) is 0 Å². The van der Waals surface area contributed by atoms with Gasteiger partial charge in [0.15, 0.2) is 6.29 Å². The van der Waals surface area contributed by atoms with Crippen LogP contribution >= 0.6 is 23.1 Å². The van der Waals surface area contributed by atoms with Gasteiger partial charge in [0, 0.05) is 11.5 Å². The van der Waals surface area contributed by atoms with Gasteiger partial charge in [0.1, 0.15) is 23.9 Å². The summed E-state index contributed by atoms with van der Waals surface area (Å²) in [6.07, 6.45) is -2.67. The van der Waals surface area contributed by atoms with E-state index >= 15 is 0 Å². The average Bonchev–Trinajstić information content (AvgIpc) is 2.89. The molecule has 0 amide bonds. The number of halogens is 1. The Bertz CT molecular complexity index is 461. The Morgan fingerprint density at radius 1 is 1.56 bits per heavy atom. The van der Waals surface area contributed by atoms with E-state index in [-0.39, 0.29) is 11.9 Å². The maximum atomic E-state index is 10.1. The Morgan fingerprint density at radius 3 is 3.00 bits per heavy atom. The summed E-state index contributed by atoms with van der Waals surface area (Å²) in [4.78, 5) is 3.92. The standard InChI is InChI=1S/C9H12ClN3O4S/c1-9-2-16-6(17-9)3(4(14)5(9)15)11-8-12-7(10)13-18-8/h3-6,14-15H,2H2,1H3,(H,11,12,13)/t3-,4-,5-,6+,9+/m1/s1. The Morgan fingerprint density at radius 2 is 2.33 bits per heavy atom. The monoisotopic (exact) mass is 293 g/mol. The van der Waals surface area contributed by atoms with Crippen molar-refractivity contribution < 1.29 is 19.7 Å². The molecule has 2 saturated heterocycles. The molecule has 100 valence electrons. The minimum absolute atomic E-state index is 0.131. The smallest absolute Gasteiger partial charge is 0.236 e. The van der Waals surface area contributed by atoms with Crippen LogP contribution in [0.1, 0.15) is 6.92 Å². The largest absolute Gasteiger partial charge is 0.388 e. The number of aliphatic hydroxyl groups is 2. The molecule has 0 unspecified atom stereocenters. The molecule has 3 N–H and O–H groups in total. The van der Waals surface area contributed by atoms with Crippen molar-refractivity contribution in [2.75, 3.05) is 11.9 Å². The number of rotatable bonds is 2. The quantitative estimate of drug-likeness (QED) is 0.697. The second-order valence-corrected chi connectivity index (χ2v) is 5.67. The first-order chi connectivity index (χ1) is 8.49. The van der Waals surface area contributed by atoms with Crippen molar-refractivity contribution >= 4 is 28.3 Å². The number of aromatic nitrogens is 2. The highest BCUT2D eigenvalue weighted by molar-refractivity contribution is 7.09. The van der Waals surface area contributed by atoms with Gasteiger partial charge in [-0.05, 0) is 18.5 Å². The van der Waals surface area contributed by atoms with Gasteiger partial charge in [-0.1, -0.05) is 0 Å². The van der Waals surface area contributed by atoms with Crippen LogP contribution in [0.3, 0.4) is 0 Å². The maximum Gasteiger partial charge on any atom is 0.236 e. The molecule has 3 heterocycles. The molecule has 18 heavy (non-hydrogen) atoms. The normalized spacial score (nSPS) is 43.1. The number of nitrogens with one attached hydrogen (secondary N) is 1. The number of aliphatic hydroxyl groups excluding tert-OH is 2. The molecular weight excluding hydrogens is 282 g/mol. The average molecular weight is 294 g/mol. The molecule has 0 aliphatic carbocycles. The van der Waals surface area contributed by atoms with Crippen LogP contribution in [0.2, 0.25) is 5.28 Å². The van der Waals surface area contributed by atoms with E-state index in [9.17, 15) is 10.2 Å². The van der Waals surface area contributed by atoms with Crippen LogP contribution in [0.4, 0.5) is 5.13 Å². The third-order valence-electron chi connectivity index (χ3n) is 3.22. The first-order valence-corrected chi connectivity index (χ1v) is 6.56. The summed E-state index contributed by atoms with van der Waals surface area (Å²) in [6, 6.07) is -0.611. The highest BCUT2D eigenvalue weighted by atomic mass is 35.5. The molecule has 2 aliphatic heterocycles. The van der Waals surface area contributed by atoms with E-state index in [0.717, 1.165) is 11.5 Å². The molecule has 3 rings (SSSR count). The highest BCUT2D eigenvalue weighted by Gasteiger charge is 2.56. The predicted octanol–water partition coefficient (Wildman–Crippen LogP) is -0.161. The molecule has 2 bridgehead atoms. The number of nitrogens with zero attached hydrogens (tertiary/aromatic N) is 2. The zero-order valence-electron chi connectivity index (χ0n) is 9.41. The van der Waals surface area contributed by atoms with Crippen LogP contribution in [0.25, 0.3) is 0 Å². The topological polar surface area (TPSA) is 96.7 Å². The summed E-state index contributed by atoms with van der Waals surface area (Å²) in [5.41, 5.74) is -0.860. The molecule has 1 aromatic rings. The molecule has 0 aromatic carbocycles.